The maximum Gasteiger partial charge on any atom is 0.210 e. The number of benzene rings is 20. The van der Waals surface area contributed by atoms with Gasteiger partial charge in [-0.2, -0.15) is 4.57 Å². The Hall–Kier alpha value is -17.7. The summed E-state index contributed by atoms with van der Waals surface area (Å²) in [5, 5.41) is 14.8. The molecule has 616 valence electrons. The van der Waals surface area contributed by atoms with Gasteiger partial charge in [-0.25, -0.2) is 0 Å². The van der Waals surface area contributed by atoms with Crippen LogP contribution in [0.15, 0.2) is 498 Å². The molecule has 20 aromatic carbocycles. The van der Waals surface area contributed by atoms with Gasteiger partial charge in [-0.05, 0) is 249 Å². The van der Waals surface area contributed by atoms with Crippen LogP contribution in [0.25, 0.3) is 237 Å². The number of pyridine rings is 1. The highest BCUT2D eigenvalue weighted by Crippen LogP contribution is 2.47. The minimum Gasteiger partial charge on any atom is -0.309 e. The quantitative estimate of drug-likeness (QED) is 0.103. The number of hydrogen-bond acceptors (Lipinski definition) is 0. The number of nitrogens with zero attached hydrogens (tertiary/aromatic N) is 7. The number of fused-ring (bicyclic) bond motifs is 18. The van der Waals surface area contributed by atoms with Crippen LogP contribution in [0.4, 0.5) is 0 Å². The van der Waals surface area contributed by atoms with Crippen molar-refractivity contribution in [1.29, 1.82) is 0 Å². The van der Waals surface area contributed by atoms with E-state index in [0.717, 1.165) is 39.8 Å². The first kappa shape index (κ1) is 75.7. The minimum atomic E-state index is 1.12. The Bertz CT molecular complexity index is 9210. The smallest absolute Gasteiger partial charge is 0.210 e. The van der Waals surface area contributed by atoms with Gasteiger partial charge in [-0.3, -0.25) is 0 Å². The number of aromatic nitrogens is 7. The molecule has 7 nitrogen and oxygen atoms in total. The molecule has 0 saturated carbocycles. The zero-order valence-corrected chi connectivity index (χ0v) is 72.0. The second-order valence-corrected chi connectivity index (χ2v) is 34.6. The fourth-order valence-electron chi connectivity index (χ4n) is 21.0. The molecule has 0 fully saturated rings. The molecule has 0 aliphatic rings. The predicted octanol–water partition coefficient (Wildman–Crippen LogP) is 32.2. The Morgan fingerprint density at radius 2 is 0.295 bits per heavy atom. The second kappa shape index (κ2) is 31.1. The van der Waals surface area contributed by atoms with Gasteiger partial charge >= 0.3 is 0 Å². The number of rotatable bonds is 13. The summed E-state index contributed by atoms with van der Waals surface area (Å²) in [5.41, 5.74) is 36.7. The van der Waals surface area contributed by atoms with Crippen molar-refractivity contribution in [1.82, 2.24) is 27.4 Å². The summed E-state index contributed by atoms with van der Waals surface area (Å²) >= 11 is 0. The molecule has 0 aliphatic heterocycles. The van der Waals surface area contributed by atoms with E-state index >= 15 is 0 Å². The van der Waals surface area contributed by atoms with Crippen LogP contribution in [0.3, 0.4) is 0 Å². The molecule has 7 heteroatoms. The highest BCUT2D eigenvalue weighted by atomic mass is 15.0. The molecule has 0 amide bonds. The molecule has 0 bridgehead atoms. The third-order valence-corrected chi connectivity index (χ3v) is 27.2. The van der Waals surface area contributed by atoms with Crippen LogP contribution in [-0.4, -0.2) is 27.4 Å². The van der Waals surface area contributed by atoms with Crippen LogP contribution in [-0.2, 0) is 0 Å². The molecule has 0 unspecified atom stereocenters. The Kier molecular flexibility index (Phi) is 17.8. The summed E-state index contributed by atoms with van der Waals surface area (Å²) in [7, 11) is 0. The average molecular weight is 1680 g/mol. The zero-order valence-electron chi connectivity index (χ0n) is 72.0. The van der Waals surface area contributed by atoms with Crippen LogP contribution in [0.2, 0.25) is 0 Å². The van der Waals surface area contributed by atoms with E-state index in [0.29, 0.717) is 0 Å². The van der Waals surface area contributed by atoms with Gasteiger partial charge < -0.3 is 27.4 Å². The molecule has 27 rings (SSSR count). The normalized spacial score (nSPS) is 11.8. The lowest BCUT2D eigenvalue weighted by Gasteiger charge is -2.11. The van der Waals surface area contributed by atoms with Gasteiger partial charge in [-0.15, -0.1) is 0 Å². The Balaban J connectivity index is 0.000000139. The van der Waals surface area contributed by atoms with E-state index in [-0.39, 0.29) is 0 Å². The van der Waals surface area contributed by atoms with Gasteiger partial charge in [0, 0.05) is 117 Å². The Labute approximate surface area is 761 Å². The third kappa shape index (κ3) is 12.6. The van der Waals surface area contributed by atoms with Crippen molar-refractivity contribution in [2.75, 3.05) is 0 Å². The van der Waals surface area contributed by atoms with Gasteiger partial charge in [0.1, 0.15) is 0 Å². The van der Waals surface area contributed by atoms with Crippen molar-refractivity contribution in [3.05, 3.63) is 498 Å². The van der Waals surface area contributed by atoms with E-state index in [1.807, 2.05) is 0 Å². The Morgan fingerprint density at radius 1 is 0.114 bits per heavy atom. The van der Waals surface area contributed by atoms with Crippen molar-refractivity contribution in [2.45, 2.75) is 0 Å². The van der Waals surface area contributed by atoms with E-state index in [2.05, 4.69) is 530 Å². The van der Waals surface area contributed by atoms with E-state index < -0.39 is 0 Å². The molecule has 7 heterocycles. The molecular weight excluding hydrogens is 1600 g/mol. The van der Waals surface area contributed by atoms with Crippen LogP contribution >= 0.6 is 0 Å². The third-order valence-electron chi connectivity index (χ3n) is 27.2. The molecular formula is C125H82N7+. The van der Waals surface area contributed by atoms with E-state index in [1.54, 1.807) is 0 Å². The average Bonchev–Trinajstić information content (AvgIpc) is 1.57. The van der Waals surface area contributed by atoms with Crippen LogP contribution in [0.5, 0.6) is 0 Å². The standard InChI is InChI=1S/C65H43N4.C60H39N3/c1-5-15-44(16-6-1)46-25-30-61-55(39-46)57-41-48(27-32-62(57)68(61)52-35-37-66(38-36-52)50-19-9-3-10-20-50)49-28-33-64-58(42-49)56-40-47(45-17-7-2-8-18-45)26-31-63(56)69(64)53-29-34-65-59(43-53)54-23-13-14-24-60(54)67(65)51-21-11-4-12-22-51;1-5-15-40(16-6-1)42-25-30-56-50(35-42)52-37-44(27-32-57(52)62(56)47-21-11-4-12-22-47)45-28-33-59-53(38-45)51-36-43(41-17-7-2-8-18-41)26-31-58(51)63(59)48-29-34-60-54(39-48)49-23-13-14-24-55(49)61(60)46-19-9-3-10-20-46/h1-43H;1-39H/q+1;. The van der Waals surface area contributed by atoms with Crippen molar-refractivity contribution in [3.8, 4) is 107 Å². The van der Waals surface area contributed by atoms with E-state index in [4.69, 9.17) is 0 Å². The topological polar surface area (TPSA) is 33.5 Å². The largest absolute Gasteiger partial charge is 0.309 e. The van der Waals surface area contributed by atoms with Gasteiger partial charge in [0.15, 0.2) is 12.4 Å². The van der Waals surface area contributed by atoms with Crippen molar-refractivity contribution >= 4 is 131 Å². The highest BCUT2D eigenvalue weighted by Gasteiger charge is 2.25. The van der Waals surface area contributed by atoms with Crippen LogP contribution in [0.1, 0.15) is 0 Å². The summed E-state index contributed by atoms with van der Waals surface area (Å²) in [6.45, 7) is 0. The molecule has 0 N–H and O–H groups in total. The molecule has 0 atom stereocenters. The molecule has 132 heavy (non-hydrogen) atoms. The summed E-state index contributed by atoms with van der Waals surface area (Å²) in [6.07, 6.45) is 4.32. The van der Waals surface area contributed by atoms with Gasteiger partial charge in [0.2, 0.25) is 5.69 Å². The molecule has 0 saturated heterocycles. The Morgan fingerprint density at radius 3 is 0.553 bits per heavy atom. The van der Waals surface area contributed by atoms with Crippen molar-refractivity contribution < 1.29 is 4.57 Å². The summed E-state index contributed by atoms with van der Waals surface area (Å²) in [4.78, 5) is 0. The lowest BCUT2D eigenvalue weighted by atomic mass is 9.98. The number of para-hydroxylation sites is 6. The van der Waals surface area contributed by atoms with E-state index in [9.17, 15) is 0 Å². The highest BCUT2D eigenvalue weighted by molar-refractivity contribution is 6.18. The summed E-state index contributed by atoms with van der Waals surface area (Å²) in [6, 6.07) is 177. The van der Waals surface area contributed by atoms with Gasteiger partial charge in [-0.1, -0.05) is 279 Å². The number of hydrogen-bond donors (Lipinski definition) is 0. The van der Waals surface area contributed by atoms with Crippen LogP contribution < -0.4 is 4.57 Å². The fraction of sp³-hybridized carbons (Fsp3) is 0. The molecule has 27 aromatic rings. The lowest BCUT2D eigenvalue weighted by Crippen LogP contribution is -2.29. The van der Waals surface area contributed by atoms with Crippen LogP contribution in [0, 0.1) is 0 Å². The van der Waals surface area contributed by atoms with Gasteiger partial charge in [0.05, 0.1) is 71.9 Å². The van der Waals surface area contributed by atoms with E-state index in [1.165, 1.54) is 198 Å². The maximum atomic E-state index is 2.46. The molecule has 0 aliphatic carbocycles. The second-order valence-electron chi connectivity index (χ2n) is 34.6. The lowest BCUT2D eigenvalue weighted by molar-refractivity contribution is -0.595. The minimum absolute atomic E-state index is 1.12. The van der Waals surface area contributed by atoms with Crippen molar-refractivity contribution in [2.24, 2.45) is 0 Å². The first-order valence-corrected chi connectivity index (χ1v) is 45.3. The maximum absolute atomic E-state index is 2.46. The van der Waals surface area contributed by atoms with Crippen molar-refractivity contribution in [3.63, 3.8) is 0 Å². The molecule has 0 spiro atoms. The monoisotopic (exact) mass is 1680 g/mol. The first-order chi connectivity index (χ1) is 65.5. The SMILES string of the molecule is c1ccc(-c2ccc3c(c2)c2cc(-c4ccc5c(c4)c4cc(-c6ccccc6)ccc4n5-c4ccc5c(c4)c4ccccc4n5-c4ccccc4)ccc2n3-c2cc[n+](-c3ccccc3)cc2)cc1.c1ccc(-c2ccc3c(c2)c2cc(-c4ccc5c(c4)c4cc(-c6ccccc6)ccc4n5-c4ccc5c(c4)c4ccccc4n5-c4ccccc4)ccc2n3-c2ccccc2)cc1. The molecule has 0 radical (unpaired) electrons. The molecule has 7 aromatic heterocycles. The van der Waals surface area contributed by atoms with Gasteiger partial charge in [0.25, 0.3) is 0 Å². The summed E-state index contributed by atoms with van der Waals surface area (Å²) in [5.74, 6) is 0. The predicted molar refractivity (Wildman–Crippen MR) is 553 cm³/mol. The zero-order chi connectivity index (χ0) is 86.9. The summed E-state index contributed by atoms with van der Waals surface area (Å²) < 4.78 is 16.7. The first-order valence-electron chi connectivity index (χ1n) is 45.3. The fourth-order valence-corrected chi connectivity index (χ4v) is 21.0.